The number of likely N-dealkylation sites (N-methyl/N-ethyl adjacent to an activating group) is 1. The van der Waals surface area contributed by atoms with E-state index in [1.54, 1.807) is 32.3 Å². The molecule has 2 rings (SSSR count). The van der Waals surface area contributed by atoms with Gasteiger partial charge in [-0.25, -0.2) is 0 Å². The first-order chi connectivity index (χ1) is 11.8. The lowest BCUT2D eigenvalue weighted by Gasteiger charge is -2.14. The summed E-state index contributed by atoms with van der Waals surface area (Å²) in [6.07, 6.45) is 0.386. The van der Waals surface area contributed by atoms with E-state index in [0.717, 1.165) is 5.56 Å². The van der Waals surface area contributed by atoms with Crippen molar-refractivity contribution in [3.8, 4) is 11.5 Å². The minimum Gasteiger partial charge on any atom is -0.493 e. The topological polar surface area (TPSA) is 105 Å². The van der Waals surface area contributed by atoms with Crippen molar-refractivity contribution in [3.63, 3.8) is 0 Å². The number of nitrogens with one attached hydrogen (secondary N) is 1. The molecule has 0 aromatic heterocycles. The van der Waals surface area contributed by atoms with Gasteiger partial charge in [0, 0.05) is 20.6 Å². The maximum Gasteiger partial charge on any atom is 0.307 e. The summed E-state index contributed by atoms with van der Waals surface area (Å²) in [5, 5.41) is 11.6. The predicted octanol–water partition coefficient (Wildman–Crippen LogP) is 0.499. The van der Waals surface area contributed by atoms with Crippen molar-refractivity contribution in [2.24, 2.45) is 11.8 Å². The van der Waals surface area contributed by atoms with E-state index < -0.39 is 17.8 Å². The summed E-state index contributed by atoms with van der Waals surface area (Å²) in [4.78, 5) is 35.7. The van der Waals surface area contributed by atoms with E-state index in [0.29, 0.717) is 17.9 Å². The molecule has 0 spiro atoms. The molecule has 136 valence electrons. The highest BCUT2D eigenvalue weighted by molar-refractivity contribution is 5.89. The zero-order chi connectivity index (χ0) is 18.6. The fourth-order valence-corrected chi connectivity index (χ4v) is 2.29. The van der Waals surface area contributed by atoms with Gasteiger partial charge in [0.05, 0.1) is 18.9 Å². The number of carbonyl (C=O) groups excluding carboxylic acids is 2. The van der Waals surface area contributed by atoms with Crippen molar-refractivity contribution in [1.82, 2.24) is 10.2 Å². The number of hydrogen-bond acceptors (Lipinski definition) is 5. The third kappa shape index (κ3) is 4.85. The van der Waals surface area contributed by atoms with Crippen LogP contribution in [0.15, 0.2) is 18.2 Å². The molecule has 0 saturated heterocycles. The Morgan fingerprint density at radius 3 is 2.52 bits per heavy atom. The van der Waals surface area contributed by atoms with Gasteiger partial charge in [-0.2, -0.15) is 0 Å². The molecule has 0 aliphatic heterocycles. The van der Waals surface area contributed by atoms with Crippen LogP contribution in [0.5, 0.6) is 11.5 Å². The Bertz CT molecular complexity index is 673. The molecule has 2 atom stereocenters. The lowest BCUT2D eigenvalue weighted by Crippen LogP contribution is -2.27. The molecule has 1 aromatic carbocycles. The Hall–Kier alpha value is -2.77. The van der Waals surface area contributed by atoms with E-state index in [4.69, 9.17) is 14.6 Å². The Balaban J connectivity index is 1.91. The van der Waals surface area contributed by atoms with Crippen LogP contribution in [0, 0.1) is 11.8 Å². The monoisotopic (exact) mass is 350 g/mol. The van der Waals surface area contributed by atoms with Gasteiger partial charge >= 0.3 is 5.97 Å². The van der Waals surface area contributed by atoms with Crippen LogP contribution in [-0.2, 0) is 20.9 Å². The summed E-state index contributed by atoms with van der Waals surface area (Å²) in [6, 6.07) is 5.12. The highest BCUT2D eigenvalue weighted by Gasteiger charge is 2.48. The van der Waals surface area contributed by atoms with Crippen LogP contribution in [-0.4, -0.2) is 55.6 Å². The third-order valence-electron chi connectivity index (χ3n) is 3.99. The Morgan fingerprint density at radius 1 is 1.24 bits per heavy atom. The fourth-order valence-electron chi connectivity index (χ4n) is 2.29. The smallest absolute Gasteiger partial charge is 0.307 e. The van der Waals surface area contributed by atoms with Gasteiger partial charge in [-0.05, 0) is 24.1 Å². The van der Waals surface area contributed by atoms with Crippen LogP contribution in [0.2, 0.25) is 0 Å². The SMILES string of the molecule is COc1cc(CNC(=O)C2CC2C(=O)O)ccc1OCC(=O)N(C)C. The highest BCUT2D eigenvalue weighted by Crippen LogP contribution is 2.38. The van der Waals surface area contributed by atoms with Crippen LogP contribution in [0.4, 0.5) is 0 Å². The molecule has 0 heterocycles. The number of hydrogen-bond donors (Lipinski definition) is 2. The normalized spacial score (nSPS) is 18.2. The van der Waals surface area contributed by atoms with Gasteiger partial charge in [0.2, 0.25) is 5.91 Å². The maximum absolute atomic E-state index is 11.9. The van der Waals surface area contributed by atoms with Crippen LogP contribution >= 0.6 is 0 Å². The lowest BCUT2D eigenvalue weighted by molar-refractivity contribution is -0.140. The van der Waals surface area contributed by atoms with Crippen molar-refractivity contribution < 1.29 is 29.0 Å². The van der Waals surface area contributed by atoms with Gasteiger partial charge in [0.1, 0.15) is 0 Å². The predicted molar refractivity (Wildman–Crippen MR) is 88.3 cm³/mol. The number of carboxylic acids is 1. The van der Waals surface area contributed by atoms with Gasteiger partial charge in [0.15, 0.2) is 18.1 Å². The zero-order valence-electron chi connectivity index (χ0n) is 14.4. The molecule has 1 fully saturated rings. The average Bonchev–Trinajstić information content (AvgIpc) is 3.38. The Kier molecular flexibility index (Phi) is 5.84. The van der Waals surface area contributed by atoms with E-state index in [1.807, 2.05) is 0 Å². The van der Waals surface area contributed by atoms with Crippen molar-refractivity contribution in [3.05, 3.63) is 23.8 Å². The molecule has 2 unspecified atom stereocenters. The number of methoxy groups -OCH3 is 1. The van der Waals surface area contributed by atoms with E-state index >= 15 is 0 Å². The second kappa shape index (κ2) is 7.87. The summed E-state index contributed by atoms with van der Waals surface area (Å²) in [5.41, 5.74) is 0.781. The van der Waals surface area contributed by atoms with E-state index in [-0.39, 0.29) is 25.0 Å². The fraction of sp³-hybridized carbons (Fsp3) is 0.471. The van der Waals surface area contributed by atoms with Crippen molar-refractivity contribution >= 4 is 17.8 Å². The summed E-state index contributed by atoms with van der Waals surface area (Å²) in [7, 11) is 4.77. The van der Waals surface area contributed by atoms with Crippen LogP contribution in [0.25, 0.3) is 0 Å². The molecule has 1 aliphatic rings. The van der Waals surface area contributed by atoms with Crippen LogP contribution in [0.3, 0.4) is 0 Å². The van der Waals surface area contributed by atoms with Crippen molar-refractivity contribution in [2.45, 2.75) is 13.0 Å². The molecule has 1 aliphatic carbocycles. The zero-order valence-corrected chi connectivity index (χ0v) is 14.4. The first kappa shape index (κ1) is 18.6. The molecule has 25 heavy (non-hydrogen) atoms. The first-order valence-corrected chi connectivity index (χ1v) is 7.84. The number of aliphatic carboxylic acids is 1. The number of amides is 2. The first-order valence-electron chi connectivity index (χ1n) is 7.84. The van der Waals surface area contributed by atoms with Gasteiger partial charge in [0.25, 0.3) is 5.91 Å². The molecule has 1 aromatic rings. The second-order valence-electron chi connectivity index (χ2n) is 6.07. The molecule has 8 nitrogen and oxygen atoms in total. The maximum atomic E-state index is 11.9. The van der Waals surface area contributed by atoms with Crippen molar-refractivity contribution in [2.75, 3.05) is 27.8 Å². The number of benzene rings is 1. The average molecular weight is 350 g/mol. The van der Waals surface area contributed by atoms with E-state index in [2.05, 4.69) is 5.32 Å². The number of nitrogens with zero attached hydrogens (tertiary/aromatic N) is 1. The molecule has 1 saturated carbocycles. The summed E-state index contributed by atoms with van der Waals surface area (Å²) >= 11 is 0. The standard InChI is InChI=1S/C17H22N2O6/c1-19(2)15(20)9-25-13-5-4-10(6-14(13)24-3)8-18-16(21)11-7-12(11)17(22)23/h4-6,11-12H,7-9H2,1-3H3,(H,18,21)(H,22,23). The van der Waals surface area contributed by atoms with Gasteiger partial charge in [-0.1, -0.05) is 6.07 Å². The largest absolute Gasteiger partial charge is 0.493 e. The quantitative estimate of drug-likeness (QED) is 0.707. The third-order valence-corrected chi connectivity index (χ3v) is 3.99. The molecule has 0 radical (unpaired) electrons. The number of ether oxygens (including phenoxy) is 2. The molecular formula is C17H22N2O6. The van der Waals surface area contributed by atoms with E-state index in [9.17, 15) is 14.4 Å². The molecule has 8 heteroatoms. The highest BCUT2D eigenvalue weighted by atomic mass is 16.5. The Labute approximate surface area is 145 Å². The van der Waals surface area contributed by atoms with Crippen LogP contribution in [0.1, 0.15) is 12.0 Å². The minimum atomic E-state index is -0.935. The van der Waals surface area contributed by atoms with Gasteiger partial charge in [-0.3, -0.25) is 14.4 Å². The molecule has 2 amide bonds. The lowest BCUT2D eigenvalue weighted by atomic mass is 10.2. The molecule has 2 N–H and O–H groups in total. The number of carboxylic acid groups (broad SMARTS) is 1. The van der Waals surface area contributed by atoms with Gasteiger partial charge in [-0.15, -0.1) is 0 Å². The number of rotatable bonds is 8. The molecule has 0 bridgehead atoms. The second-order valence-corrected chi connectivity index (χ2v) is 6.07. The molecular weight excluding hydrogens is 328 g/mol. The minimum absolute atomic E-state index is 0.0995. The van der Waals surface area contributed by atoms with E-state index in [1.165, 1.54) is 12.0 Å². The number of carbonyl (C=O) groups is 3. The Morgan fingerprint density at radius 2 is 1.96 bits per heavy atom. The van der Waals surface area contributed by atoms with Gasteiger partial charge < -0.3 is 24.8 Å². The van der Waals surface area contributed by atoms with Crippen LogP contribution < -0.4 is 14.8 Å². The summed E-state index contributed by atoms with van der Waals surface area (Å²) in [6.45, 7) is 0.159. The van der Waals surface area contributed by atoms with Crippen molar-refractivity contribution in [1.29, 1.82) is 0 Å². The summed E-state index contributed by atoms with van der Waals surface area (Å²) in [5.74, 6) is -1.50. The summed E-state index contributed by atoms with van der Waals surface area (Å²) < 4.78 is 10.7.